The van der Waals surface area contributed by atoms with Crippen LogP contribution in [0.4, 0.5) is 0 Å². The van der Waals surface area contributed by atoms with Crippen molar-refractivity contribution in [2.75, 3.05) is 0 Å². The molecule has 0 atom stereocenters. The zero-order valence-electron chi connectivity index (χ0n) is 15.7. The summed E-state index contributed by atoms with van der Waals surface area (Å²) in [4.78, 5) is 0. The predicted molar refractivity (Wildman–Crippen MR) is 101 cm³/mol. The molecule has 0 amide bonds. The molecular weight excluding hydrogens is 345 g/mol. The fraction of sp³-hybridized carbons (Fsp3) is 0.750. The summed E-state index contributed by atoms with van der Waals surface area (Å²) in [5.74, 6) is 0. The molecule has 8 heteroatoms. The van der Waals surface area contributed by atoms with Gasteiger partial charge in [-0.15, -0.1) is 11.3 Å². The van der Waals surface area contributed by atoms with Gasteiger partial charge in [0.1, 0.15) is 0 Å². The fourth-order valence-electron chi connectivity index (χ4n) is 2.61. The molecule has 0 spiro atoms. The Balaban J connectivity index is 1.85. The molecule has 2 fully saturated rings. The first-order valence-corrected chi connectivity index (χ1v) is 9.46. The van der Waals surface area contributed by atoms with Gasteiger partial charge in [-0.2, -0.15) is 0 Å². The van der Waals surface area contributed by atoms with Crippen molar-refractivity contribution in [2.45, 2.75) is 77.8 Å². The van der Waals surface area contributed by atoms with E-state index in [0.717, 1.165) is 10.2 Å². The highest BCUT2D eigenvalue weighted by atomic mass is 35.5. The van der Waals surface area contributed by atoms with E-state index < -0.39 is 25.4 Å². The average Bonchev–Trinajstić information content (AvgIpc) is 2.93. The lowest BCUT2D eigenvalue weighted by molar-refractivity contribution is 0.00578. The zero-order chi connectivity index (χ0) is 18.1. The van der Waals surface area contributed by atoms with Crippen molar-refractivity contribution >= 4 is 47.4 Å². The van der Waals surface area contributed by atoms with Crippen LogP contribution in [-0.4, -0.2) is 36.6 Å². The lowest BCUT2D eigenvalue weighted by Crippen LogP contribution is -2.41. The molecule has 132 valence electrons. The molecule has 0 unspecified atom stereocenters. The zero-order valence-corrected chi connectivity index (χ0v) is 17.2. The van der Waals surface area contributed by atoms with Crippen molar-refractivity contribution < 1.29 is 18.6 Å². The minimum atomic E-state index is -0.477. The van der Waals surface area contributed by atoms with Crippen LogP contribution < -0.4 is 10.2 Å². The number of hydrogen-bond donors (Lipinski definition) is 0. The Labute approximate surface area is 154 Å². The van der Waals surface area contributed by atoms with E-state index in [4.69, 9.17) is 30.2 Å². The molecule has 2 saturated heterocycles. The van der Waals surface area contributed by atoms with Crippen LogP contribution >= 0.6 is 22.9 Å². The highest BCUT2D eigenvalue weighted by Crippen LogP contribution is 2.39. The highest BCUT2D eigenvalue weighted by Gasteiger charge is 2.55. The maximum absolute atomic E-state index is 6.48. The third-order valence-corrected chi connectivity index (χ3v) is 7.14. The van der Waals surface area contributed by atoms with Gasteiger partial charge in [-0.25, -0.2) is 0 Å². The second-order valence-electron chi connectivity index (χ2n) is 8.55. The molecule has 1 aromatic rings. The molecule has 0 aliphatic carbocycles. The fourth-order valence-corrected chi connectivity index (χ4v) is 3.88. The maximum atomic E-state index is 6.48. The van der Waals surface area contributed by atoms with E-state index in [1.165, 1.54) is 11.3 Å². The topological polar surface area (TPSA) is 36.9 Å². The van der Waals surface area contributed by atoms with Crippen molar-refractivity contribution in [3.63, 3.8) is 0 Å². The molecule has 1 aromatic heterocycles. The summed E-state index contributed by atoms with van der Waals surface area (Å²) in [7, 11) is -0.899. The number of thiophene rings is 1. The van der Waals surface area contributed by atoms with Crippen molar-refractivity contribution in [1.29, 1.82) is 0 Å². The summed E-state index contributed by atoms with van der Waals surface area (Å²) in [6, 6.07) is 1.98. The first-order chi connectivity index (χ1) is 10.8. The molecule has 0 bridgehead atoms. The Morgan fingerprint density at radius 1 is 0.750 bits per heavy atom. The van der Waals surface area contributed by atoms with E-state index in [9.17, 15) is 0 Å². The summed E-state index contributed by atoms with van der Waals surface area (Å²) in [6.45, 7) is 16.3. The first-order valence-electron chi connectivity index (χ1n) is 8.26. The first kappa shape index (κ1) is 18.7. The number of rotatable bonds is 2. The van der Waals surface area contributed by atoms with Crippen LogP contribution in [0.25, 0.3) is 0 Å². The molecule has 0 saturated carbocycles. The van der Waals surface area contributed by atoms with Crippen molar-refractivity contribution in [2.24, 2.45) is 0 Å². The third-order valence-electron chi connectivity index (χ3n) is 5.72. The lowest BCUT2D eigenvalue weighted by Gasteiger charge is -2.32. The van der Waals surface area contributed by atoms with Gasteiger partial charge in [0, 0.05) is 10.2 Å². The number of halogens is 1. The van der Waals surface area contributed by atoms with E-state index in [2.05, 4.69) is 0 Å². The van der Waals surface area contributed by atoms with Crippen LogP contribution in [0.1, 0.15) is 55.4 Å². The quantitative estimate of drug-likeness (QED) is 0.750. The minimum Gasteiger partial charge on any atom is -0.399 e. The van der Waals surface area contributed by atoms with E-state index >= 15 is 0 Å². The Hall–Kier alpha value is -0.0401. The Morgan fingerprint density at radius 3 is 1.54 bits per heavy atom. The van der Waals surface area contributed by atoms with Crippen LogP contribution in [0.15, 0.2) is 6.07 Å². The molecule has 0 N–H and O–H groups in total. The van der Waals surface area contributed by atoms with Crippen LogP contribution in [0.2, 0.25) is 4.34 Å². The second-order valence-corrected chi connectivity index (χ2v) is 10.2. The van der Waals surface area contributed by atoms with Crippen LogP contribution in [-0.2, 0) is 18.6 Å². The monoisotopic (exact) mass is 370 g/mol. The minimum absolute atomic E-state index is 0.376. The smallest absolute Gasteiger partial charge is 0.399 e. The van der Waals surface area contributed by atoms with Gasteiger partial charge in [0.25, 0.3) is 0 Å². The Kier molecular flexibility index (Phi) is 4.28. The van der Waals surface area contributed by atoms with E-state index in [0.29, 0.717) is 4.34 Å². The largest absolute Gasteiger partial charge is 0.505 e. The van der Waals surface area contributed by atoms with Crippen molar-refractivity contribution in [3.8, 4) is 0 Å². The molecule has 3 heterocycles. The molecule has 0 aromatic carbocycles. The van der Waals surface area contributed by atoms with Gasteiger partial charge in [0.15, 0.2) is 0 Å². The summed E-state index contributed by atoms with van der Waals surface area (Å²) < 4.78 is 26.0. The van der Waals surface area contributed by atoms with Gasteiger partial charge in [-0.05, 0) is 55.4 Å². The molecule has 24 heavy (non-hydrogen) atoms. The summed E-state index contributed by atoms with van der Waals surface area (Å²) >= 11 is 7.93. The Morgan fingerprint density at radius 2 is 1.12 bits per heavy atom. The van der Waals surface area contributed by atoms with Gasteiger partial charge < -0.3 is 18.6 Å². The standard InChI is InChI=1S/C16H25B2ClO4S/c1-13(2)14(3,4)21-17(20-13)10-9-11(24-12(10)19)18-22-15(5,6)16(7,8)23-18/h9H,1-8H3. The molecular formula is C16H25B2ClO4S. The highest BCUT2D eigenvalue weighted by molar-refractivity contribution is 7.26. The third kappa shape index (κ3) is 2.87. The Bertz CT molecular complexity index is 625. The van der Waals surface area contributed by atoms with Crippen LogP contribution in [0, 0.1) is 0 Å². The van der Waals surface area contributed by atoms with E-state index in [1.807, 2.05) is 61.5 Å². The van der Waals surface area contributed by atoms with Gasteiger partial charge in [0.05, 0.1) is 26.7 Å². The molecule has 2 aliphatic rings. The molecule has 0 radical (unpaired) electrons. The second kappa shape index (κ2) is 5.48. The van der Waals surface area contributed by atoms with Gasteiger partial charge in [-0.1, -0.05) is 17.7 Å². The van der Waals surface area contributed by atoms with Crippen molar-refractivity contribution in [1.82, 2.24) is 0 Å². The van der Waals surface area contributed by atoms with Crippen LogP contribution in [0.5, 0.6) is 0 Å². The summed E-state index contributed by atoms with van der Waals surface area (Å²) in [5, 5.41) is 0. The summed E-state index contributed by atoms with van der Waals surface area (Å²) in [5.41, 5.74) is -0.706. The average molecular weight is 371 g/mol. The van der Waals surface area contributed by atoms with E-state index in [1.54, 1.807) is 0 Å². The maximum Gasteiger partial charge on any atom is 0.505 e. The van der Waals surface area contributed by atoms with Crippen LogP contribution in [0.3, 0.4) is 0 Å². The van der Waals surface area contributed by atoms with E-state index in [-0.39, 0.29) is 11.2 Å². The summed E-state index contributed by atoms with van der Waals surface area (Å²) in [6.07, 6.45) is 0. The SMILES string of the molecule is CC1(C)OB(c2cc(B3OC(C)(C)C(C)(C)O3)c(Cl)s2)OC1(C)C. The van der Waals surface area contributed by atoms with Gasteiger partial charge >= 0.3 is 14.2 Å². The molecule has 4 nitrogen and oxygen atoms in total. The van der Waals surface area contributed by atoms with Crippen molar-refractivity contribution in [3.05, 3.63) is 10.4 Å². The normalized spacial score (nSPS) is 27.0. The molecule has 2 aliphatic heterocycles. The molecule has 3 rings (SSSR count). The lowest BCUT2D eigenvalue weighted by atomic mass is 9.78. The van der Waals surface area contributed by atoms with Gasteiger partial charge in [-0.3, -0.25) is 0 Å². The van der Waals surface area contributed by atoms with Gasteiger partial charge in [0.2, 0.25) is 0 Å². The number of hydrogen-bond acceptors (Lipinski definition) is 5. The predicted octanol–water partition coefficient (Wildman–Crippen LogP) is 3.00.